The predicted octanol–water partition coefficient (Wildman–Crippen LogP) is 2.07. The van der Waals surface area contributed by atoms with Crippen LogP contribution in [0.1, 0.15) is 28.8 Å². The Morgan fingerprint density at radius 1 is 1.07 bits per heavy atom. The molecule has 0 bridgehead atoms. The zero-order chi connectivity index (χ0) is 20.3. The maximum Gasteiger partial charge on any atom is 0.254 e. The van der Waals surface area contributed by atoms with Gasteiger partial charge in [-0.25, -0.2) is 0 Å². The number of likely N-dealkylation sites (tertiary alicyclic amines) is 1. The predicted molar refractivity (Wildman–Crippen MR) is 108 cm³/mol. The van der Waals surface area contributed by atoms with Gasteiger partial charge in [-0.2, -0.15) is 0 Å². The molecule has 6 nitrogen and oxygen atoms in total. The Morgan fingerprint density at radius 2 is 1.79 bits per heavy atom. The van der Waals surface area contributed by atoms with Crippen molar-refractivity contribution < 1.29 is 14.4 Å². The van der Waals surface area contributed by atoms with Gasteiger partial charge in [0, 0.05) is 26.2 Å². The van der Waals surface area contributed by atoms with E-state index in [4.69, 9.17) is 5.73 Å². The van der Waals surface area contributed by atoms with Gasteiger partial charge in [0.15, 0.2) is 0 Å². The molecule has 3 rings (SSSR count). The van der Waals surface area contributed by atoms with Crippen molar-refractivity contribution in [1.29, 1.82) is 0 Å². The highest BCUT2D eigenvalue weighted by Gasteiger charge is 2.33. The summed E-state index contributed by atoms with van der Waals surface area (Å²) in [6.45, 7) is 0.547. The minimum absolute atomic E-state index is 0.0509. The van der Waals surface area contributed by atoms with Crippen molar-refractivity contribution in [3.05, 3.63) is 59.7 Å². The van der Waals surface area contributed by atoms with Crippen LogP contribution in [0.3, 0.4) is 0 Å². The average Bonchev–Trinajstić information content (AvgIpc) is 3.18. The van der Waals surface area contributed by atoms with Crippen molar-refractivity contribution >= 4 is 17.7 Å². The van der Waals surface area contributed by atoms with E-state index < -0.39 is 11.9 Å². The van der Waals surface area contributed by atoms with Gasteiger partial charge < -0.3 is 15.5 Å². The molecule has 1 fully saturated rings. The van der Waals surface area contributed by atoms with Crippen LogP contribution in [0, 0.1) is 0 Å². The van der Waals surface area contributed by atoms with E-state index in [1.54, 1.807) is 30.0 Å². The number of amides is 3. The molecule has 1 saturated heterocycles. The Kier molecular flexibility index (Phi) is 5.78. The second-order valence-corrected chi connectivity index (χ2v) is 7.30. The number of nitrogens with zero attached hydrogens (tertiary/aromatic N) is 2. The smallest absolute Gasteiger partial charge is 0.254 e. The van der Waals surface area contributed by atoms with Crippen LogP contribution >= 0.6 is 0 Å². The normalized spacial score (nSPS) is 16.1. The standard InChI is InChI=1S/C22H25N3O3/c1-24(2)20(26)13-15-8-10-16(11-9-15)17-5-3-6-18(14-17)22(28)25-12-4-7-19(25)21(23)27/h3,5-6,8-11,14,19H,4,7,12-13H2,1-2H3,(H2,23,27)/t19-/m0/s1. The third kappa shape index (κ3) is 4.22. The van der Waals surface area contributed by atoms with Gasteiger partial charge in [0.25, 0.3) is 5.91 Å². The summed E-state index contributed by atoms with van der Waals surface area (Å²) in [5.74, 6) is -0.573. The van der Waals surface area contributed by atoms with Gasteiger partial charge in [-0.1, -0.05) is 36.4 Å². The monoisotopic (exact) mass is 379 g/mol. The first-order chi connectivity index (χ1) is 13.4. The third-order valence-electron chi connectivity index (χ3n) is 5.09. The molecular weight excluding hydrogens is 354 g/mol. The minimum atomic E-state index is -0.523. The second kappa shape index (κ2) is 8.25. The van der Waals surface area contributed by atoms with E-state index in [9.17, 15) is 14.4 Å². The highest BCUT2D eigenvalue weighted by Crippen LogP contribution is 2.24. The van der Waals surface area contributed by atoms with Crippen LogP contribution in [0.2, 0.25) is 0 Å². The number of rotatable bonds is 5. The minimum Gasteiger partial charge on any atom is -0.368 e. The molecule has 0 aromatic heterocycles. The van der Waals surface area contributed by atoms with Crippen molar-refractivity contribution in [2.75, 3.05) is 20.6 Å². The number of primary amides is 1. The zero-order valence-corrected chi connectivity index (χ0v) is 16.2. The lowest BCUT2D eigenvalue weighted by atomic mass is 10.00. The molecule has 0 unspecified atom stereocenters. The summed E-state index contributed by atoms with van der Waals surface area (Å²) in [6.07, 6.45) is 1.76. The Labute approximate surface area is 164 Å². The van der Waals surface area contributed by atoms with Crippen molar-refractivity contribution in [2.24, 2.45) is 5.73 Å². The van der Waals surface area contributed by atoms with Crippen LogP contribution in [-0.4, -0.2) is 54.2 Å². The summed E-state index contributed by atoms with van der Waals surface area (Å²) < 4.78 is 0. The number of hydrogen-bond donors (Lipinski definition) is 1. The molecule has 1 aliphatic rings. The lowest BCUT2D eigenvalue weighted by Gasteiger charge is -2.22. The topological polar surface area (TPSA) is 83.7 Å². The van der Waals surface area contributed by atoms with E-state index >= 15 is 0 Å². The van der Waals surface area contributed by atoms with E-state index in [1.807, 2.05) is 42.5 Å². The first-order valence-electron chi connectivity index (χ1n) is 9.36. The van der Waals surface area contributed by atoms with Crippen molar-refractivity contribution in [2.45, 2.75) is 25.3 Å². The maximum absolute atomic E-state index is 12.9. The number of hydrogen-bond acceptors (Lipinski definition) is 3. The molecule has 2 aromatic rings. The second-order valence-electron chi connectivity index (χ2n) is 7.30. The molecule has 28 heavy (non-hydrogen) atoms. The molecule has 0 radical (unpaired) electrons. The molecule has 0 aliphatic carbocycles. The molecule has 1 heterocycles. The SMILES string of the molecule is CN(C)C(=O)Cc1ccc(-c2cccc(C(=O)N3CCC[C@H]3C(N)=O)c2)cc1. The van der Waals surface area contributed by atoms with Crippen molar-refractivity contribution in [3.63, 3.8) is 0 Å². The number of nitrogens with two attached hydrogens (primary N) is 1. The summed E-state index contributed by atoms with van der Waals surface area (Å²) in [5, 5.41) is 0. The van der Waals surface area contributed by atoms with Gasteiger partial charge in [0.05, 0.1) is 6.42 Å². The van der Waals surface area contributed by atoms with Crippen LogP contribution in [0.25, 0.3) is 11.1 Å². The lowest BCUT2D eigenvalue weighted by molar-refractivity contribution is -0.128. The first kappa shape index (κ1) is 19.6. The van der Waals surface area contributed by atoms with E-state index in [-0.39, 0.29) is 11.8 Å². The fourth-order valence-corrected chi connectivity index (χ4v) is 3.45. The van der Waals surface area contributed by atoms with Crippen molar-refractivity contribution in [3.8, 4) is 11.1 Å². The zero-order valence-electron chi connectivity index (χ0n) is 16.2. The lowest BCUT2D eigenvalue weighted by Crippen LogP contribution is -2.43. The Bertz CT molecular complexity index is 890. The number of likely N-dealkylation sites (N-methyl/N-ethyl adjacent to an activating group) is 1. The summed E-state index contributed by atoms with van der Waals surface area (Å²) >= 11 is 0. The molecule has 0 saturated carbocycles. The van der Waals surface area contributed by atoms with Gasteiger partial charge in [-0.05, 0) is 41.7 Å². The average molecular weight is 379 g/mol. The molecule has 2 N–H and O–H groups in total. The Balaban J connectivity index is 1.79. The maximum atomic E-state index is 12.9. The Morgan fingerprint density at radius 3 is 2.43 bits per heavy atom. The van der Waals surface area contributed by atoms with Crippen LogP contribution in [-0.2, 0) is 16.0 Å². The number of benzene rings is 2. The number of carbonyl (C=O) groups is 3. The molecule has 2 aromatic carbocycles. The molecule has 1 atom stereocenters. The molecule has 1 aliphatic heterocycles. The van der Waals surface area contributed by atoms with Crippen LogP contribution < -0.4 is 5.73 Å². The molecule has 0 spiro atoms. The largest absolute Gasteiger partial charge is 0.368 e. The van der Waals surface area contributed by atoms with Crippen LogP contribution in [0.5, 0.6) is 0 Å². The van der Waals surface area contributed by atoms with Gasteiger partial charge in [-0.3, -0.25) is 14.4 Å². The van der Waals surface area contributed by atoms with E-state index in [0.717, 1.165) is 23.1 Å². The molecular formula is C22H25N3O3. The third-order valence-corrected chi connectivity index (χ3v) is 5.09. The van der Waals surface area contributed by atoms with E-state index in [1.165, 1.54) is 0 Å². The fraction of sp³-hybridized carbons (Fsp3) is 0.318. The van der Waals surface area contributed by atoms with Crippen LogP contribution in [0.15, 0.2) is 48.5 Å². The van der Waals surface area contributed by atoms with Gasteiger partial charge >= 0.3 is 0 Å². The summed E-state index contributed by atoms with van der Waals surface area (Å²) in [4.78, 5) is 39.4. The molecule has 3 amide bonds. The molecule has 146 valence electrons. The Hall–Kier alpha value is -3.15. The quantitative estimate of drug-likeness (QED) is 0.863. The summed E-state index contributed by atoms with van der Waals surface area (Å²) in [7, 11) is 3.48. The van der Waals surface area contributed by atoms with Gasteiger partial charge in [0.1, 0.15) is 6.04 Å². The summed E-state index contributed by atoms with van der Waals surface area (Å²) in [6, 6.07) is 14.6. The fourth-order valence-electron chi connectivity index (χ4n) is 3.45. The van der Waals surface area contributed by atoms with E-state index in [0.29, 0.717) is 24.9 Å². The van der Waals surface area contributed by atoms with Crippen molar-refractivity contribution in [1.82, 2.24) is 9.80 Å². The summed E-state index contributed by atoms with van der Waals surface area (Å²) in [5.41, 5.74) is 8.78. The molecule has 6 heteroatoms. The highest BCUT2D eigenvalue weighted by atomic mass is 16.2. The van der Waals surface area contributed by atoms with E-state index in [2.05, 4.69) is 0 Å². The number of carbonyl (C=O) groups excluding carboxylic acids is 3. The first-order valence-corrected chi connectivity index (χ1v) is 9.36. The van der Waals surface area contributed by atoms with Gasteiger partial charge in [-0.15, -0.1) is 0 Å². The van der Waals surface area contributed by atoms with Crippen LogP contribution in [0.4, 0.5) is 0 Å². The highest BCUT2D eigenvalue weighted by molar-refractivity contribution is 5.98. The van der Waals surface area contributed by atoms with Gasteiger partial charge in [0.2, 0.25) is 11.8 Å².